The molecule has 0 aliphatic carbocycles. The number of amides is 1. The van der Waals surface area contributed by atoms with Crippen LogP contribution in [-0.4, -0.2) is 32.3 Å². The Morgan fingerprint density at radius 2 is 1.50 bits per heavy atom. The van der Waals surface area contributed by atoms with E-state index in [4.69, 9.17) is 0 Å². The van der Waals surface area contributed by atoms with Gasteiger partial charge in [-0.3, -0.25) is 14.4 Å². The summed E-state index contributed by atoms with van der Waals surface area (Å²) in [5, 5.41) is 2.98. The van der Waals surface area contributed by atoms with E-state index < -0.39 is 10.0 Å². The summed E-state index contributed by atoms with van der Waals surface area (Å²) >= 11 is 0. The van der Waals surface area contributed by atoms with Gasteiger partial charge in [0.05, 0.1) is 10.6 Å². The number of anilines is 1. The fourth-order valence-electron chi connectivity index (χ4n) is 4.20. The van der Waals surface area contributed by atoms with Crippen LogP contribution >= 0.6 is 0 Å². The number of para-hydroxylation sites is 1. The molecule has 3 aromatic carbocycles. The molecule has 4 rings (SSSR count). The van der Waals surface area contributed by atoms with E-state index in [0.717, 1.165) is 30.8 Å². The second-order valence-corrected chi connectivity index (χ2v) is 10.4. The minimum absolute atomic E-state index is 0.110. The van der Waals surface area contributed by atoms with Crippen molar-refractivity contribution in [3.8, 4) is 0 Å². The highest BCUT2D eigenvalue weighted by Crippen LogP contribution is 2.20. The molecule has 34 heavy (non-hydrogen) atoms. The van der Waals surface area contributed by atoms with Gasteiger partial charge in [-0.25, -0.2) is 8.42 Å². The largest absolute Gasteiger partial charge is 0.348 e. The molecule has 0 aromatic heterocycles. The summed E-state index contributed by atoms with van der Waals surface area (Å²) in [6.07, 6.45) is 3.78. The Morgan fingerprint density at radius 3 is 2.21 bits per heavy atom. The predicted octanol–water partition coefficient (Wildman–Crippen LogP) is 4.71. The number of nitrogens with one attached hydrogen (secondary N) is 2. The van der Waals surface area contributed by atoms with Gasteiger partial charge in [-0.1, -0.05) is 48.9 Å². The first-order valence-electron chi connectivity index (χ1n) is 11.7. The summed E-state index contributed by atoms with van der Waals surface area (Å²) in [7, 11) is -3.74. The molecule has 0 saturated carbocycles. The van der Waals surface area contributed by atoms with E-state index in [-0.39, 0.29) is 10.8 Å². The summed E-state index contributed by atoms with van der Waals surface area (Å²) in [4.78, 5) is 15.3. The van der Waals surface area contributed by atoms with Gasteiger partial charge in [-0.05, 0) is 79.9 Å². The molecule has 2 N–H and O–H groups in total. The third-order valence-electron chi connectivity index (χ3n) is 6.22. The third kappa shape index (κ3) is 6.04. The number of benzene rings is 3. The molecule has 1 heterocycles. The maximum absolute atomic E-state index is 12.7. The van der Waals surface area contributed by atoms with Crippen LogP contribution in [0.5, 0.6) is 0 Å². The summed E-state index contributed by atoms with van der Waals surface area (Å²) in [5.41, 5.74) is 4.12. The van der Waals surface area contributed by atoms with Crippen LogP contribution in [-0.2, 0) is 23.1 Å². The van der Waals surface area contributed by atoms with Crippen molar-refractivity contribution < 1.29 is 13.2 Å². The number of hydrogen-bond acceptors (Lipinski definition) is 4. The van der Waals surface area contributed by atoms with Gasteiger partial charge < -0.3 is 5.32 Å². The number of piperidine rings is 1. The van der Waals surface area contributed by atoms with Gasteiger partial charge in [0.2, 0.25) is 0 Å². The normalized spacial score (nSPS) is 14.5. The first kappa shape index (κ1) is 24.0. The average Bonchev–Trinajstić information content (AvgIpc) is 2.85. The van der Waals surface area contributed by atoms with Crippen LogP contribution in [0.2, 0.25) is 0 Å². The van der Waals surface area contributed by atoms with Gasteiger partial charge in [0.15, 0.2) is 0 Å². The van der Waals surface area contributed by atoms with Gasteiger partial charge in [0.1, 0.15) is 0 Å². The zero-order valence-electron chi connectivity index (χ0n) is 19.5. The van der Waals surface area contributed by atoms with Crippen molar-refractivity contribution in [1.29, 1.82) is 0 Å². The zero-order valence-corrected chi connectivity index (χ0v) is 20.3. The van der Waals surface area contributed by atoms with Crippen molar-refractivity contribution in [1.82, 2.24) is 10.2 Å². The van der Waals surface area contributed by atoms with Crippen molar-refractivity contribution in [2.24, 2.45) is 0 Å². The number of sulfonamides is 1. The molecule has 7 heteroatoms. The standard InChI is InChI=1S/C27H31N3O3S/c1-21-9-3-6-12-26(21)29-34(32,33)25-15-13-22(14-16-25)27(31)28-19-23-10-4-5-11-24(23)20-30-17-7-2-8-18-30/h3-6,9-16,29H,2,7-8,17-20H2,1H3,(H,28,31). The lowest BCUT2D eigenvalue weighted by Crippen LogP contribution is -2.30. The number of carbonyl (C=O) groups excluding carboxylic acids is 1. The zero-order chi connectivity index (χ0) is 24.0. The molecule has 0 bridgehead atoms. The highest BCUT2D eigenvalue weighted by atomic mass is 32.2. The van der Waals surface area contributed by atoms with Crippen molar-refractivity contribution in [3.63, 3.8) is 0 Å². The lowest BCUT2D eigenvalue weighted by atomic mass is 10.0. The molecule has 1 aliphatic rings. The van der Waals surface area contributed by atoms with Crippen LogP contribution in [0.25, 0.3) is 0 Å². The Balaban J connectivity index is 1.39. The van der Waals surface area contributed by atoms with Gasteiger partial charge >= 0.3 is 0 Å². The molecule has 0 atom stereocenters. The Bertz CT molecular complexity index is 1230. The Kier molecular flexibility index (Phi) is 7.65. The van der Waals surface area contributed by atoms with Crippen molar-refractivity contribution in [2.75, 3.05) is 17.8 Å². The molecule has 1 amide bonds. The van der Waals surface area contributed by atoms with E-state index in [2.05, 4.69) is 21.0 Å². The lowest BCUT2D eigenvalue weighted by Gasteiger charge is -2.27. The highest BCUT2D eigenvalue weighted by Gasteiger charge is 2.17. The van der Waals surface area contributed by atoms with Crippen molar-refractivity contribution >= 4 is 21.6 Å². The summed E-state index contributed by atoms with van der Waals surface area (Å²) in [5.74, 6) is -0.233. The molecule has 1 aliphatic heterocycles. The van der Waals surface area contributed by atoms with Gasteiger partial charge in [0.25, 0.3) is 15.9 Å². The quantitative estimate of drug-likeness (QED) is 0.492. The Labute approximate surface area is 202 Å². The SMILES string of the molecule is Cc1ccccc1NS(=O)(=O)c1ccc(C(=O)NCc2ccccc2CN2CCCCC2)cc1. The summed E-state index contributed by atoms with van der Waals surface area (Å²) in [6.45, 7) is 5.41. The summed E-state index contributed by atoms with van der Waals surface area (Å²) < 4.78 is 28.1. The fraction of sp³-hybridized carbons (Fsp3) is 0.296. The van der Waals surface area contributed by atoms with Crippen molar-refractivity contribution in [3.05, 3.63) is 95.1 Å². The van der Waals surface area contributed by atoms with Crippen LogP contribution in [0.4, 0.5) is 5.69 Å². The van der Waals surface area contributed by atoms with E-state index in [0.29, 0.717) is 17.8 Å². The van der Waals surface area contributed by atoms with Crippen LogP contribution in [0.15, 0.2) is 77.7 Å². The smallest absolute Gasteiger partial charge is 0.261 e. The van der Waals surface area contributed by atoms with E-state index in [1.807, 2.05) is 37.3 Å². The molecule has 6 nitrogen and oxygen atoms in total. The molecular weight excluding hydrogens is 446 g/mol. The van der Waals surface area contributed by atoms with E-state index in [1.54, 1.807) is 24.3 Å². The second kappa shape index (κ2) is 10.8. The first-order valence-corrected chi connectivity index (χ1v) is 13.2. The van der Waals surface area contributed by atoms with Crippen LogP contribution in [0.3, 0.4) is 0 Å². The molecule has 1 fully saturated rings. The molecule has 1 saturated heterocycles. The minimum Gasteiger partial charge on any atom is -0.348 e. The minimum atomic E-state index is -3.74. The molecule has 0 radical (unpaired) electrons. The fourth-order valence-corrected chi connectivity index (χ4v) is 5.33. The molecular formula is C27H31N3O3S. The van der Waals surface area contributed by atoms with E-state index in [1.165, 1.54) is 37.0 Å². The first-order chi connectivity index (χ1) is 16.4. The Hall–Kier alpha value is -3.16. The highest BCUT2D eigenvalue weighted by molar-refractivity contribution is 7.92. The Morgan fingerprint density at radius 1 is 0.853 bits per heavy atom. The lowest BCUT2D eigenvalue weighted by molar-refractivity contribution is 0.0950. The van der Waals surface area contributed by atoms with Gasteiger partial charge in [0, 0.05) is 18.7 Å². The predicted molar refractivity (Wildman–Crippen MR) is 135 cm³/mol. The number of carbonyl (C=O) groups is 1. The van der Waals surface area contributed by atoms with Crippen molar-refractivity contribution in [2.45, 2.75) is 44.2 Å². The van der Waals surface area contributed by atoms with Gasteiger partial charge in [-0.15, -0.1) is 0 Å². The topological polar surface area (TPSA) is 78.5 Å². The molecule has 0 unspecified atom stereocenters. The number of aryl methyl sites for hydroxylation is 1. The third-order valence-corrected chi connectivity index (χ3v) is 7.60. The summed E-state index contributed by atoms with van der Waals surface area (Å²) in [6, 6.07) is 21.4. The monoisotopic (exact) mass is 477 g/mol. The maximum Gasteiger partial charge on any atom is 0.261 e. The molecule has 0 spiro atoms. The second-order valence-electron chi connectivity index (χ2n) is 8.73. The van der Waals surface area contributed by atoms with Crippen LogP contribution in [0, 0.1) is 6.92 Å². The van der Waals surface area contributed by atoms with E-state index >= 15 is 0 Å². The number of rotatable bonds is 8. The van der Waals surface area contributed by atoms with Crippen LogP contribution in [0.1, 0.15) is 46.3 Å². The average molecular weight is 478 g/mol. The number of nitrogens with zero attached hydrogens (tertiary/aromatic N) is 1. The van der Waals surface area contributed by atoms with Gasteiger partial charge in [-0.2, -0.15) is 0 Å². The number of likely N-dealkylation sites (tertiary alicyclic amines) is 1. The van der Waals surface area contributed by atoms with Crippen LogP contribution < -0.4 is 10.0 Å². The molecule has 3 aromatic rings. The number of hydrogen-bond donors (Lipinski definition) is 2. The van der Waals surface area contributed by atoms with E-state index in [9.17, 15) is 13.2 Å². The maximum atomic E-state index is 12.7. The molecule has 178 valence electrons.